The summed E-state index contributed by atoms with van der Waals surface area (Å²) >= 11 is 0. The van der Waals surface area contributed by atoms with Crippen LogP contribution < -0.4 is 10.3 Å². The number of hydrogen-bond donors (Lipinski definition) is 2. The third-order valence-electron chi connectivity index (χ3n) is 3.24. The van der Waals surface area contributed by atoms with Crippen molar-refractivity contribution in [2.24, 2.45) is 0 Å². The minimum Gasteiger partial charge on any atom is -0.491 e. The molecule has 5 heteroatoms. The Labute approximate surface area is 131 Å². The Kier molecular flexibility index (Phi) is 8.72. The Balaban J connectivity index is 2.46. The second kappa shape index (κ2) is 10.7. The molecule has 0 spiro atoms. The monoisotopic (exact) mass is 307 g/mol. The van der Waals surface area contributed by atoms with E-state index in [1.165, 1.54) is 37.8 Å². The molecular weight excluding hydrogens is 282 g/mol. The van der Waals surface area contributed by atoms with Crippen molar-refractivity contribution in [2.45, 2.75) is 51.9 Å². The Bertz CT molecular complexity index is 534. The van der Waals surface area contributed by atoms with Gasteiger partial charge in [-0.15, -0.1) is 0 Å². The Morgan fingerprint density at radius 1 is 1.23 bits per heavy atom. The maximum Gasteiger partial charge on any atom is 0.307 e. The first-order valence-corrected chi connectivity index (χ1v) is 7.88. The largest absolute Gasteiger partial charge is 0.491 e. The highest BCUT2D eigenvalue weighted by Gasteiger charge is 2.02. The van der Waals surface area contributed by atoms with E-state index in [-0.39, 0.29) is 12.0 Å². The molecule has 0 aromatic carbocycles. The van der Waals surface area contributed by atoms with Gasteiger partial charge in [0, 0.05) is 6.07 Å². The van der Waals surface area contributed by atoms with Crippen LogP contribution in [0.2, 0.25) is 0 Å². The van der Waals surface area contributed by atoms with E-state index in [4.69, 9.17) is 9.84 Å². The van der Waals surface area contributed by atoms with Gasteiger partial charge in [-0.05, 0) is 18.6 Å². The van der Waals surface area contributed by atoms with Crippen LogP contribution in [0, 0.1) is 0 Å². The Hall–Kier alpha value is -2.04. The van der Waals surface area contributed by atoms with Gasteiger partial charge < -0.3 is 14.8 Å². The van der Waals surface area contributed by atoms with Crippen LogP contribution in [0.4, 0.5) is 0 Å². The summed E-state index contributed by atoms with van der Waals surface area (Å²) in [4.78, 5) is 24.5. The second-order valence-corrected chi connectivity index (χ2v) is 5.22. The smallest absolute Gasteiger partial charge is 0.307 e. The number of aromatic amines is 1. The summed E-state index contributed by atoms with van der Waals surface area (Å²) in [5.41, 5.74) is 0.279. The number of aromatic nitrogens is 1. The number of carbonyl (C=O) groups is 1. The fraction of sp³-hybridized carbons (Fsp3) is 0.529. The van der Waals surface area contributed by atoms with E-state index in [0.717, 1.165) is 12.8 Å². The first-order chi connectivity index (χ1) is 10.6. The van der Waals surface area contributed by atoms with Crippen LogP contribution in [-0.2, 0) is 4.79 Å². The van der Waals surface area contributed by atoms with Crippen molar-refractivity contribution >= 4 is 12.0 Å². The fourth-order valence-corrected chi connectivity index (χ4v) is 2.07. The molecule has 0 saturated heterocycles. The number of unbranched alkanes of at least 4 members (excludes halogenated alkanes) is 5. The molecule has 0 aliphatic rings. The van der Waals surface area contributed by atoms with Gasteiger partial charge in [0.05, 0.1) is 18.7 Å². The highest BCUT2D eigenvalue weighted by atomic mass is 16.5. The SMILES string of the molecule is CCCCCCCCOc1ccc(=O)[nH]c1/C=C/CC(=O)O. The molecule has 0 saturated carbocycles. The first-order valence-electron chi connectivity index (χ1n) is 7.88. The molecule has 1 heterocycles. The molecule has 2 N–H and O–H groups in total. The van der Waals surface area contributed by atoms with Crippen LogP contribution in [0.3, 0.4) is 0 Å². The van der Waals surface area contributed by atoms with Crippen molar-refractivity contribution in [3.05, 3.63) is 34.3 Å². The molecule has 0 amide bonds. The highest BCUT2D eigenvalue weighted by molar-refractivity contribution is 5.70. The number of ether oxygens (including phenoxy) is 1. The highest BCUT2D eigenvalue weighted by Crippen LogP contribution is 2.16. The normalized spacial score (nSPS) is 11.0. The number of pyridine rings is 1. The second-order valence-electron chi connectivity index (χ2n) is 5.22. The zero-order chi connectivity index (χ0) is 16.2. The molecule has 1 aromatic rings. The van der Waals surface area contributed by atoms with Gasteiger partial charge in [0.25, 0.3) is 0 Å². The number of H-pyrrole nitrogens is 1. The first kappa shape index (κ1) is 18.0. The predicted molar refractivity (Wildman–Crippen MR) is 87.2 cm³/mol. The van der Waals surface area contributed by atoms with Gasteiger partial charge in [-0.1, -0.05) is 45.1 Å². The van der Waals surface area contributed by atoms with Crippen molar-refractivity contribution in [3.8, 4) is 5.75 Å². The third-order valence-corrected chi connectivity index (χ3v) is 3.24. The van der Waals surface area contributed by atoms with Crippen LogP contribution in [0.15, 0.2) is 23.0 Å². The summed E-state index contributed by atoms with van der Waals surface area (Å²) in [6.07, 6.45) is 10.1. The molecular formula is C17H25NO4. The van der Waals surface area contributed by atoms with E-state index >= 15 is 0 Å². The number of nitrogens with one attached hydrogen (secondary N) is 1. The summed E-state index contributed by atoms with van der Waals surface area (Å²) in [7, 11) is 0. The lowest BCUT2D eigenvalue weighted by Crippen LogP contribution is -2.08. The lowest BCUT2D eigenvalue weighted by Gasteiger charge is -2.08. The van der Waals surface area contributed by atoms with Crippen molar-refractivity contribution < 1.29 is 14.6 Å². The van der Waals surface area contributed by atoms with Crippen molar-refractivity contribution in [1.29, 1.82) is 0 Å². The average molecular weight is 307 g/mol. The third kappa shape index (κ3) is 7.67. The lowest BCUT2D eigenvalue weighted by atomic mass is 10.1. The average Bonchev–Trinajstić information content (AvgIpc) is 2.48. The van der Waals surface area contributed by atoms with Gasteiger partial charge in [-0.3, -0.25) is 9.59 Å². The molecule has 0 bridgehead atoms. The van der Waals surface area contributed by atoms with E-state index in [1.807, 2.05) is 0 Å². The van der Waals surface area contributed by atoms with Gasteiger partial charge in [-0.2, -0.15) is 0 Å². The standard InChI is InChI=1S/C17H25NO4/c1-2-3-4-5-6-7-13-22-15-11-12-16(19)18-14(15)9-8-10-17(20)21/h8-9,11-12H,2-7,10,13H2,1H3,(H,18,19)(H,20,21)/b9-8+. The summed E-state index contributed by atoms with van der Waals surface area (Å²) in [5, 5.41) is 8.62. The van der Waals surface area contributed by atoms with Crippen molar-refractivity contribution in [2.75, 3.05) is 6.61 Å². The van der Waals surface area contributed by atoms with Gasteiger partial charge in [0.15, 0.2) is 0 Å². The molecule has 0 aliphatic heterocycles. The summed E-state index contributed by atoms with van der Waals surface area (Å²) in [6, 6.07) is 3.03. The van der Waals surface area contributed by atoms with Gasteiger partial charge >= 0.3 is 5.97 Å². The number of carboxylic acids is 1. The van der Waals surface area contributed by atoms with E-state index in [1.54, 1.807) is 12.1 Å². The molecule has 0 unspecified atom stereocenters. The van der Waals surface area contributed by atoms with Crippen molar-refractivity contribution in [3.63, 3.8) is 0 Å². The molecule has 0 aliphatic carbocycles. The molecule has 0 fully saturated rings. The molecule has 22 heavy (non-hydrogen) atoms. The van der Waals surface area contributed by atoms with Crippen LogP contribution in [0.1, 0.15) is 57.6 Å². The van der Waals surface area contributed by atoms with E-state index < -0.39 is 5.97 Å². The van der Waals surface area contributed by atoms with Crippen LogP contribution in [0.25, 0.3) is 6.08 Å². The van der Waals surface area contributed by atoms with Crippen LogP contribution in [-0.4, -0.2) is 22.7 Å². The number of carboxylic acid groups (broad SMARTS) is 1. The van der Waals surface area contributed by atoms with Crippen LogP contribution >= 0.6 is 0 Å². The number of rotatable bonds is 11. The Morgan fingerprint density at radius 2 is 1.95 bits per heavy atom. The van der Waals surface area contributed by atoms with Crippen molar-refractivity contribution in [1.82, 2.24) is 4.98 Å². The zero-order valence-electron chi connectivity index (χ0n) is 13.1. The van der Waals surface area contributed by atoms with E-state index in [0.29, 0.717) is 18.1 Å². The molecule has 5 nitrogen and oxygen atoms in total. The van der Waals surface area contributed by atoms with Gasteiger partial charge in [0.1, 0.15) is 5.75 Å². The van der Waals surface area contributed by atoms with Gasteiger partial charge in [-0.25, -0.2) is 0 Å². The van der Waals surface area contributed by atoms with Gasteiger partial charge in [0.2, 0.25) is 5.56 Å². The summed E-state index contributed by atoms with van der Waals surface area (Å²) < 4.78 is 5.69. The fourth-order valence-electron chi connectivity index (χ4n) is 2.07. The minimum absolute atomic E-state index is 0.0895. The maximum atomic E-state index is 11.4. The zero-order valence-corrected chi connectivity index (χ0v) is 13.1. The predicted octanol–water partition coefficient (Wildman–Crippen LogP) is 3.60. The van der Waals surface area contributed by atoms with E-state index in [2.05, 4.69) is 11.9 Å². The molecule has 122 valence electrons. The molecule has 1 aromatic heterocycles. The van der Waals surface area contributed by atoms with Crippen LogP contribution in [0.5, 0.6) is 5.75 Å². The minimum atomic E-state index is -0.913. The number of hydrogen-bond acceptors (Lipinski definition) is 3. The summed E-state index contributed by atoms with van der Waals surface area (Å²) in [5.74, 6) is -0.334. The van der Waals surface area contributed by atoms with E-state index in [9.17, 15) is 9.59 Å². The topological polar surface area (TPSA) is 79.4 Å². The summed E-state index contributed by atoms with van der Waals surface area (Å²) in [6.45, 7) is 2.79. The lowest BCUT2D eigenvalue weighted by molar-refractivity contribution is -0.135. The number of aliphatic carboxylic acids is 1. The molecule has 0 atom stereocenters. The maximum absolute atomic E-state index is 11.4. The Morgan fingerprint density at radius 3 is 2.68 bits per heavy atom. The quantitative estimate of drug-likeness (QED) is 0.612. The molecule has 0 radical (unpaired) electrons. The molecule has 1 rings (SSSR count).